The number of hydrogen-bond donors (Lipinski definition) is 1. The summed E-state index contributed by atoms with van der Waals surface area (Å²) in [7, 11) is 0. The first-order chi connectivity index (χ1) is 17.5. The van der Waals surface area contributed by atoms with E-state index >= 15 is 0 Å². The predicted octanol–water partition coefficient (Wildman–Crippen LogP) is 1.82. The summed E-state index contributed by atoms with van der Waals surface area (Å²) in [6.07, 6.45) is 1.26. The molecule has 0 radical (unpaired) electrons. The normalized spacial score (nSPS) is 19.7. The topological polar surface area (TPSA) is 119 Å². The number of nitriles is 2. The Bertz CT molecular complexity index is 1080. The third kappa shape index (κ3) is 7.19. The third-order valence-corrected chi connectivity index (χ3v) is 6.64. The number of rotatable bonds is 10. The summed E-state index contributed by atoms with van der Waals surface area (Å²) in [5.41, 5.74) is 8.11. The molecule has 188 valence electrons. The molecule has 36 heavy (non-hydrogen) atoms. The van der Waals surface area contributed by atoms with Crippen molar-refractivity contribution in [3.63, 3.8) is 0 Å². The van der Waals surface area contributed by atoms with E-state index in [9.17, 15) is 4.79 Å². The largest absolute Gasteiger partial charge is 0.492 e. The molecule has 2 unspecified atom stereocenters. The SMILES string of the molecule is N#Cc1ccc(CCN2CC3CN(CCN(CCOc4ccc(C#N)cc4)C(N)=O)CC(C2)O3)cc1. The second kappa shape index (κ2) is 12.4. The van der Waals surface area contributed by atoms with Crippen LogP contribution in [0.2, 0.25) is 0 Å². The Hall–Kier alpha value is -3.63. The average molecular weight is 489 g/mol. The lowest BCUT2D eigenvalue weighted by atomic mass is 10.1. The van der Waals surface area contributed by atoms with Gasteiger partial charge in [-0.05, 0) is 48.4 Å². The number of amides is 2. The Balaban J connectivity index is 1.18. The van der Waals surface area contributed by atoms with Crippen LogP contribution < -0.4 is 10.5 Å². The van der Waals surface area contributed by atoms with Crippen molar-refractivity contribution in [2.24, 2.45) is 5.73 Å². The minimum absolute atomic E-state index is 0.153. The van der Waals surface area contributed by atoms with Crippen molar-refractivity contribution in [1.29, 1.82) is 10.5 Å². The van der Waals surface area contributed by atoms with Gasteiger partial charge in [0.05, 0.1) is 42.0 Å². The Morgan fingerprint density at radius 2 is 1.47 bits per heavy atom. The minimum atomic E-state index is -0.458. The Kier molecular flexibility index (Phi) is 8.75. The maximum absolute atomic E-state index is 12.0. The maximum atomic E-state index is 12.0. The second-order valence-electron chi connectivity index (χ2n) is 9.27. The summed E-state index contributed by atoms with van der Waals surface area (Å²) in [4.78, 5) is 18.4. The lowest BCUT2D eigenvalue weighted by molar-refractivity contribution is -0.138. The van der Waals surface area contributed by atoms with Gasteiger partial charge in [-0.25, -0.2) is 4.79 Å². The summed E-state index contributed by atoms with van der Waals surface area (Å²) in [6.45, 7) is 6.41. The van der Waals surface area contributed by atoms with Crippen molar-refractivity contribution in [1.82, 2.24) is 14.7 Å². The van der Waals surface area contributed by atoms with E-state index in [1.54, 1.807) is 29.2 Å². The maximum Gasteiger partial charge on any atom is 0.314 e. The molecule has 2 aromatic rings. The van der Waals surface area contributed by atoms with E-state index in [1.165, 1.54) is 5.56 Å². The molecule has 2 aliphatic heterocycles. The number of benzene rings is 2. The first-order valence-corrected chi connectivity index (χ1v) is 12.3. The van der Waals surface area contributed by atoms with Crippen molar-refractivity contribution in [2.75, 3.05) is 59.0 Å². The number of carbonyl (C=O) groups excluding carboxylic acids is 1. The quantitative estimate of drug-likeness (QED) is 0.542. The van der Waals surface area contributed by atoms with E-state index in [0.717, 1.165) is 45.7 Å². The van der Waals surface area contributed by atoms with Crippen molar-refractivity contribution < 1.29 is 14.3 Å². The molecule has 2 amide bonds. The summed E-state index contributed by atoms with van der Waals surface area (Å²) >= 11 is 0. The van der Waals surface area contributed by atoms with E-state index in [4.69, 9.17) is 25.7 Å². The highest BCUT2D eigenvalue weighted by Gasteiger charge is 2.34. The Labute approximate surface area is 212 Å². The zero-order valence-corrected chi connectivity index (χ0v) is 20.4. The molecule has 2 saturated heterocycles. The monoisotopic (exact) mass is 488 g/mol. The van der Waals surface area contributed by atoms with Crippen molar-refractivity contribution in [3.8, 4) is 17.9 Å². The van der Waals surface area contributed by atoms with Gasteiger partial charge in [0.1, 0.15) is 12.4 Å². The van der Waals surface area contributed by atoms with Crippen LogP contribution in [0.5, 0.6) is 5.75 Å². The van der Waals surface area contributed by atoms with E-state index in [-0.39, 0.29) is 12.2 Å². The van der Waals surface area contributed by atoms with Gasteiger partial charge in [0.2, 0.25) is 0 Å². The fourth-order valence-corrected chi connectivity index (χ4v) is 4.75. The van der Waals surface area contributed by atoms with Crippen LogP contribution >= 0.6 is 0 Å². The molecule has 2 heterocycles. The predicted molar refractivity (Wildman–Crippen MR) is 134 cm³/mol. The number of hydrogen-bond acceptors (Lipinski definition) is 7. The van der Waals surface area contributed by atoms with Gasteiger partial charge in [-0.1, -0.05) is 12.1 Å². The van der Waals surface area contributed by atoms with Crippen LogP contribution in [0, 0.1) is 22.7 Å². The zero-order chi connectivity index (χ0) is 25.3. The van der Waals surface area contributed by atoms with Gasteiger partial charge in [0, 0.05) is 45.8 Å². The number of carbonyl (C=O) groups is 1. The standard InChI is InChI=1S/C27H32N6O3/c28-15-22-3-1-21(2-4-22)9-10-31-17-25-19-32(20-26(18-31)36-25)11-12-33(27(30)34)13-14-35-24-7-5-23(16-29)6-8-24/h1-8,25-26H,9-14,17-20H2,(H2,30,34). The van der Waals surface area contributed by atoms with E-state index in [1.807, 2.05) is 24.3 Å². The molecule has 0 spiro atoms. The summed E-state index contributed by atoms with van der Waals surface area (Å²) in [5.74, 6) is 0.656. The molecule has 2 aliphatic rings. The summed E-state index contributed by atoms with van der Waals surface area (Å²) in [6, 6.07) is 18.5. The molecule has 0 aromatic heterocycles. The molecule has 2 N–H and O–H groups in total. The number of nitrogens with two attached hydrogens (primary N) is 1. The molecule has 2 bridgehead atoms. The lowest BCUT2D eigenvalue weighted by Crippen LogP contribution is -2.60. The summed E-state index contributed by atoms with van der Waals surface area (Å²) in [5, 5.41) is 17.8. The molecule has 4 rings (SSSR count). The highest BCUT2D eigenvalue weighted by Crippen LogP contribution is 2.20. The van der Waals surface area contributed by atoms with Crippen LogP contribution in [0.4, 0.5) is 4.79 Å². The van der Waals surface area contributed by atoms with E-state index < -0.39 is 6.03 Å². The fourth-order valence-electron chi connectivity index (χ4n) is 4.75. The molecule has 2 aromatic carbocycles. The van der Waals surface area contributed by atoms with Crippen LogP contribution in [0.15, 0.2) is 48.5 Å². The van der Waals surface area contributed by atoms with E-state index in [2.05, 4.69) is 21.9 Å². The highest BCUT2D eigenvalue weighted by atomic mass is 16.5. The average Bonchev–Trinajstić information content (AvgIpc) is 2.89. The number of morpholine rings is 2. The lowest BCUT2D eigenvalue weighted by Gasteiger charge is -2.46. The third-order valence-electron chi connectivity index (χ3n) is 6.64. The van der Waals surface area contributed by atoms with Gasteiger partial charge in [-0.2, -0.15) is 10.5 Å². The molecule has 0 aliphatic carbocycles. The van der Waals surface area contributed by atoms with Crippen molar-refractivity contribution in [2.45, 2.75) is 18.6 Å². The zero-order valence-electron chi connectivity index (χ0n) is 20.4. The molecule has 9 heteroatoms. The smallest absolute Gasteiger partial charge is 0.314 e. The number of nitrogens with zero attached hydrogens (tertiary/aromatic N) is 5. The minimum Gasteiger partial charge on any atom is -0.492 e. The first-order valence-electron chi connectivity index (χ1n) is 12.3. The molecule has 2 fully saturated rings. The Morgan fingerprint density at radius 1 is 0.917 bits per heavy atom. The number of primary amides is 1. The number of ether oxygens (including phenoxy) is 2. The van der Waals surface area contributed by atoms with Gasteiger partial charge in [0.25, 0.3) is 0 Å². The highest BCUT2D eigenvalue weighted by molar-refractivity contribution is 5.71. The fraction of sp³-hybridized carbons (Fsp3) is 0.444. The van der Waals surface area contributed by atoms with Gasteiger partial charge in [0.15, 0.2) is 0 Å². The van der Waals surface area contributed by atoms with Gasteiger partial charge in [-0.15, -0.1) is 0 Å². The van der Waals surface area contributed by atoms with Crippen LogP contribution in [0.25, 0.3) is 0 Å². The van der Waals surface area contributed by atoms with Crippen LogP contribution in [0.1, 0.15) is 16.7 Å². The second-order valence-corrected chi connectivity index (χ2v) is 9.27. The van der Waals surface area contributed by atoms with Crippen molar-refractivity contribution >= 4 is 6.03 Å². The number of fused-ring (bicyclic) bond motifs is 2. The Morgan fingerprint density at radius 3 is 2.03 bits per heavy atom. The van der Waals surface area contributed by atoms with Gasteiger partial charge < -0.3 is 20.1 Å². The van der Waals surface area contributed by atoms with Gasteiger partial charge >= 0.3 is 6.03 Å². The van der Waals surface area contributed by atoms with E-state index in [0.29, 0.717) is 36.6 Å². The van der Waals surface area contributed by atoms with Crippen LogP contribution in [-0.4, -0.2) is 91.9 Å². The van der Waals surface area contributed by atoms with Crippen molar-refractivity contribution in [3.05, 3.63) is 65.2 Å². The molecular formula is C27H32N6O3. The van der Waals surface area contributed by atoms with Crippen LogP contribution in [-0.2, 0) is 11.2 Å². The number of urea groups is 1. The molecule has 0 saturated carbocycles. The molecule has 2 atom stereocenters. The van der Waals surface area contributed by atoms with Crippen LogP contribution in [0.3, 0.4) is 0 Å². The molecular weight excluding hydrogens is 456 g/mol. The summed E-state index contributed by atoms with van der Waals surface area (Å²) < 4.78 is 11.9. The first kappa shape index (κ1) is 25.5. The molecule has 9 nitrogen and oxygen atoms in total. The van der Waals surface area contributed by atoms with Gasteiger partial charge in [-0.3, -0.25) is 9.80 Å².